The van der Waals surface area contributed by atoms with Crippen molar-refractivity contribution in [3.05, 3.63) is 29.8 Å². The van der Waals surface area contributed by atoms with Gasteiger partial charge in [-0.15, -0.1) is 0 Å². The zero-order valence-electron chi connectivity index (χ0n) is 12.2. The third kappa shape index (κ3) is 6.09. The lowest BCUT2D eigenvalue weighted by Crippen LogP contribution is -1.94. The molecule has 102 valence electrons. The molecule has 0 aliphatic rings. The number of methoxy groups -OCH3 is 1. The van der Waals surface area contributed by atoms with Crippen LogP contribution in [0.4, 0.5) is 0 Å². The first-order valence-electron chi connectivity index (χ1n) is 7.39. The molecule has 0 spiro atoms. The monoisotopic (exact) mass is 248 g/mol. The minimum absolute atomic E-state index is 0.913. The molecule has 0 aliphatic heterocycles. The van der Waals surface area contributed by atoms with E-state index < -0.39 is 0 Å². The Bertz CT molecular complexity index is 302. The average molecular weight is 248 g/mol. The van der Waals surface area contributed by atoms with Crippen molar-refractivity contribution in [2.75, 3.05) is 7.11 Å². The van der Waals surface area contributed by atoms with Crippen LogP contribution in [0.1, 0.15) is 57.9 Å². The van der Waals surface area contributed by atoms with Crippen LogP contribution >= 0.6 is 0 Å². The number of unbranched alkanes of at least 4 members (excludes halogenated alkanes) is 2. The normalized spacial score (nSPS) is 12.4. The quantitative estimate of drug-likeness (QED) is 0.543. The zero-order chi connectivity index (χ0) is 13.2. The maximum Gasteiger partial charge on any atom is 0.118 e. The number of ether oxygens (including phenoxy) is 1. The van der Waals surface area contributed by atoms with Crippen molar-refractivity contribution < 1.29 is 4.74 Å². The summed E-state index contributed by atoms with van der Waals surface area (Å²) in [6.07, 6.45) is 9.37. The first-order chi connectivity index (χ1) is 8.76. The molecule has 0 amide bonds. The van der Waals surface area contributed by atoms with Crippen LogP contribution in [0.3, 0.4) is 0 Å². The Hall–Kier alpha value is -0.980. The summed E-state index contributed by atoms with van der Waals surface area (Å²) in [4.78, 5) is 0. The maximum atomic E-state index is 5.16. The zero-order valence-corrected chi connectivity index (χ0v) is 12.2. The second-order valence-electron chi connectivity index (χ2n) is 5.34. The van der Waals surface area contributed by atoms with Gasteiger partial charge in [0.1, 0.15) is 5.75 Å². The highest BCUT2D eigenvalue weighted by atomic mass is 16.5. The van der Waals surface area contributed by atoms with Gasteiger partial charge in [-0.2, -0.15) is 0 Å². The van der Waals surface area contributed by atoms with Gasteiger partial charge in [0, 0.05) is 0 Å². The molecule has 0 saturated heterocycles. The fourth-order valence-corrected chi connectivity index (χ4v) is 2.43. The Balaban J connectivity index is 2.10. The Kier molecular flexibility index (Phi) is 7.55. The number of rotatable bonds is 9. The molecule has 1 unspecified atom stereocenters. The molecule has 1 aromatic carbocycles. The molecule has 1 rings (SSSR count). The highest BCUT2D eigenvalue weighted by Gasteiger charge is 2.00. The lowest BCUT2D eigenvalue weighted by molar-refractivity contribution is 0.414. The van der Waals surface area contributed by atoms with Crippen LogP contribution in [0.2, 0.25) is 0 Å². The summed E-state index contributed by atoms with van der Waals surface area (Å²) in [5.41, 5.74) is 1.43. The number of benzene rings is 1. The highest BCUT2D eigenvalue weighted by Crippen LogP contribution is 2.17. The summed E-state index contributed by atoms with van der Waals surface area (Å²) in [6, 6.07) is 8.47. The van der Waals surface area contributed by atoms with E-state index in [0.29, 0.717) is 0 Å². The fraction of sp³-hybridized carbons (Fsp3) is 0.647. The van der Waals surface area contributed by atoms with Gasteiger partial charge in [-0.1, -0.05) is 58.1 Å². The second kappa shape index (κ2) is 9.02. The molecule has 1 nitrogen and oxygen atoms in total. The fourth-order valence-electron chi connectivity index (χ4n) is 2.43. The van der Waals surface area contributed by atoms with Crippen LogP contribution in [0.25, 0.3) is 0 Å². The Morgan fingerprint density at radius 2 is 1.72 bits per heavy atom. The van der Waals surface area contributed by atoms with E-state index in [1.54, 1.807) is 7.11 Å². The van der Waals surface area contributed by atoms with E-state index in [-0.39, 0.29) is 0 Å². The van der Waals surface area contributed by atoms with Crippen molar-refractivity contribution in [3.8, 4) is 5.75 Å². The van der Waals surface area contributed by atoms with Crippen LogP contribution in [-0.4, -0.2) is 7.11 Å². The van der Waals surface area contributed by atoms with Gasteiger partial charge < -0.3 is 4.74 Å². The SMILES string of the molecule is CCCC(C)CCCCCc1ccc(OC)cc1. The van der Waals surface area contributed by atoms with Crippen LogP contribution in [0.15, 0.2) is 24.3 Å². The van der Waals surface area contributed by atoms with Crippen molar-refractivity contribution in [3.63, 3.8) is 0 Å². The van der Waals surface area contributed by atoms with E-state index in [1.165, 1.54) is 50.5 Å². The minimum Gasteiger partial charge on any atom is -0.497 e. The first-order valence-corrected chi connectivity index (χ1v) is 7.39. The maximum absolute atomic E-state index is 5.16. The average Bonchev–Trinajstić information content (AvgIpc) is 2.39. The number of hydrogen-bond donors (Lipinski definition) is 0. The lowest BCUT2D eigenvalue weighted by Gasteiger charge is -2.09. The Labute approximate surface area is 113 Å². The molecule has 0 radical (unpaired) electrons. The molecule has 0 aromatic heterocycles. The van der Waals surface area contributed by atoms with Gasteiger partial charge in [0.25, 0.3) is 0 Å². The molecule has 0 fully saturated rings. The van der Waals surface area contributed by atoms with E-state index >= 15 is 0 Å². The molecule has 18 heavy (non-hydrogen) atoms. The molecule has 1 atom stereocenters. The van der Waals surface area contributed by atoms with Crippen LogP contribution in [0.5, 0.6) is 5.75 Å². The predicted molar refractivity (Wildman–Crippen MR) is 79.2 cm³/mol. The largest absolute Gasteiger partial charge is 0.497 e. The third-order valence-electron chi connectivity index (χ3n) is 3.60. The van der Waals surface area contributed by atoms with Crippen molar-refractivity contribution in [1.82, 2.24) is 0 Å². The number of aryl methyl sites for hydroxylation is 1. The number of hydrogen-bond acceptors (Lipinski definition) is 1. The molecular weight excluding hydrogens is 220 g/mol. The Morgan fingerprint density at radius 3 is 2.33 bits per heavy atom. The van der Waals surface area contributed by atoms with Gasteiger partial charge in [-0.05, 0) is 36.5 Å². The molecule has 0 N–H and O–H groups in total. The van der Waals surface area contributed by atoms with Crippen LogP contribution in [-0.2, 0) is 6.42 Å². The molecule has 0 saturated carbocycles. The smallest absolute Gasteiger partial charge is 0.118 e. The predicted octanol–water partition coefficient (Wildman–Crippen LogP) is 5.23. The summed E-state index contributed by atoms with van der Waals surface area (Å²) in [7, 11) is 1.71. The topological polar surface area (TPSA) is 9.23 Å². The molecule has 0 heterocycles. The molecule has 1 aromatic rings. The highest BCUT2D eigenvalue weighted by molar-refractivity contribution is 5.27. The molecule has 0 aliphatic carbocycles. The first kappa shape index (κ1) is 15.1. The van der Waals surface area contributed by atoms with Crippen LogP contribution < -0.4 is 4.74 Å². The summed E-state index contributed by atoms with van der Waals surface area (Å²) in [6.45, 7) is 4.66. The minimum atomic E-state index is 0.913. The van der Waals surface area contributed by atoms with E-state index in [9.17, 15) is 0 Å². The molecule has 0 bridgehead atoms. The van der Waals surface area contributed by atoms with Gasteiger partial charge in [-0.3, -0.25) is 0 Å². The van der Waals surface area contributed by atoms with Gasteiger partial charge >= 0.3 is 0 Å². The van der Waals surface area contributed by atoms with Gasteiger partial charge in [0.2, 0.25) is 0 Å². The third-order valence-corrected chi connectivity index (χ3v) is 3.60. The molecular formula is C17H28O. The van der Waals surface area contributed by atoms with E-state index in [0.717, 1.165) is 11.7 Å². The van der Waals surface area contributed by atoms with E-state index in [1.807, 2.05) is 0 Å². The summed E-state index contributed by atoms with van der Waals surface area (Å²) in [5, 5.41) is 0. The summed E-state index contributed by atoms with van der Waals surface area (Å²) >= 11 is 0. The summed E-state index contributed by atoms with van der Waals surface area (Å²) < 4.78 is 5.16. The van der Waals surface area contributed by atoms with Crippen molar-refractivity contribution in [2.45, 2.75) is 58.8 Å². The molecule has 1 heteroatoms. The second-order valence-corrected chi connectivity index (χ2v) is 5.34. The van der Waals surface area contributed by atoms with Gasteiger partial charge in [0.15, 0.2) is 0 Å². The van der Waals surface area contributed by atoms with Gasteiger partial charge in [0.05, 0.1) is 7.11 Å². The lowest BCUT2D eigenvalue weighted by atomic mass is 9.97. The van der Waals surface area contributed by atoms with Crippen molar-refractivity contribution in [2.24, 2.45) is 5.92 Å². The Morgan fingerprint density at radius 1 is 1.00 bits per heavy atom. The standard InChI is InChI=1S/C17H28O/c1-4-8-15(2)9-6-5-7-10-16-11-13-17(18-3)14-12-16/h11-15H,4-10H2,1-3H3. The van der Waals surface area contributed by atoms with Crippen molar-refractivity contribution in [1.29, 1.82) is 0 Å². The van der Waals surface area contributed by atoms with E-state index in [4.69, 9.17) is 4.74 Å². The van der Waals surface area contributed by atoms with Crippen LogP contribution in [0, 0.1) is 5.92 Å². The van der Waals surface area contributed by atoms with Crippen molar-refractivity contribution >= 4 is 0 Å². The van der Waals surface area contributed by atoms with Gasteiger partial charge in [-0.25, -0.2) is 0 Å². The summed E-state index contributed by atoms with van der Waals surface area (Å²) in [5.74, 6) is 1.86. The van der Waals surface area contributed by atoms with E-state index in [2.05, 4.69) is 38.1 Å².